The fourth-order valence-electron chi connectivity index (χ4n) is 5.13. The maximum atomic E-state index is 13.2. The van der Waals surface area contributed by atoms with E-state index in [1.807, 2.05) is 48.4 Å². The number of likely N-dealkylation sites (tertiary alicyclic amines) is 1. The van der Waals surface area contributed by atoms with Gasteiger partial charge in [-0.05, 0) is 50.7 Å². The molecule has 2 amide bonds. The minimum atomic E-state index is -0.00179. The minimum absolute atomic E-state index is 0.00179. The molecule has 6 nitrogen and oxygen atoms in total. The molecule has 0 radical (unpaired) electrons. The maximum absolute atomic E-state index is 13.2. The Labute approximate surface area is 191 Å². The summed E-state index contributed by atoms with van der Waals surface area (Å²) in [6.07, 6.45) is 10.8. The Balaban J connectivity index is 1.32. The Morgan fingerprint density at radius 2 is 1.66 bits per heavy atom. The minimum Gasteiger partial charge on any atom is -0.353 e. The third-order valence-corrected chi connectivity index (χ3v) is 7.30. The molecule has 1 aliphatic carbocycles. The molecular formula is C26H36N4O2. The van der Waals surface area contributed by atoms with Gasteiger partial charge in [0, 0.05) is 31.2 Å². The highest BCUT2D eigenvalue weighted by Gasteiger charge is 2.31. The molecule has 1 aromatic heterocycles. The standard InChI is InChI=1S/C26H36N4O2/c1-19(25(31)27-22-10-6-3-4-7-11-22)21-14-16-29(17-15-21)26(32)24-18-30(28-20(24)2)23-12-8-5-9-13-23/h5,8-9,12-13,18-19,21-22H,3-4,6-7,10-11,14-17H2,1-2H3,(H,27,31). The van der Waals surface area contributed by atoms with Gasteiger partial charge in [0.05, 0.1) is 16.9 Å². The van der Waals surface area contributed by atoms with Gasteiger partial charge in [-0.2, -0.15) is 5.10 Å². The first-order valence-corrected chi connectivity index (χ1v) is 12.2. The van der Waals surface area contributed by atoms with Gasteiger partial charge in [0.2, 0.25) is 5.91 Å². The van der Waals surface area contributed by atoms with Crippen molar-refractivity contribution in [1.82, 2.24) is 20.0 Å². The van der Waals surface area contributed by atoms with Crippen LogP contribution in [0.4, 0.5) is 0 Å². The number of carbonyl (C=O) groups excluding carboxylic acids is 2. The average molecular weight is 437 g/mol. The summed E-state index contributed by atoms with van der Waals surface area (Å²) in [5, 5.41) is 7.85. The highest BCUT2D eigenvalue weighted by Crippen LogP contribution is 2.27. The number of hydrogen-bond donors (Lipinski definition) is 1. The lowest BCUT2D eigenvalue weighted by molar-refractivity contribution is -0.127. The average Bonchev–Trinajstić information content (AvgIpc) is 3.03. The molecule has 1 atom stereocenters. The van der Waals surface area contributed by atoms with E-state index in [-0.39, 0.29) is 17.7 Å². The van der Waals surface area contributed by atoms with Crippen LogP contribution in [-0.2, 0) is 4.79 Å². The van der Waals surface area contributed by atoms with Crippen LogP contribution in [0.3, 0.4) is 0 Å². The second-order valence-electron chi connectivity index (χ2n) is 9.52. The van der Waals surface area contributed by atoms with E-state index in [2.05, 4.69) is 17.3 Å². The van der Waals surface area contributed by atoms with Crippen LogP contribution in [0.15, 0.2) is 36.5 Å². The van der Waals surface area contributed by atoms with Crippen molar-refractivity contribution in [3.8, 4) is 5.69 Å². The molecule has 6 heteroatoms. The van der Waals surface area contributed by atoms with Gasteiger partial charge in [0.25, 0.3) is 5.91 Å². The molecule has 1 saturated carbocycles. The van der Waals surface area contributed by atoms with E-state index in [0.29, 0.717) is 30.6 Å². The van der Waals surface area contributed by atoms with Crippen molar-refractivity contribution in [3.63, 3.8) is 0 Å². The lowest BCUT2D eigenvalue weighted by Crippen LogP contribution is -2.44. The number of amides is 2. The Hall–Kier alpha value is -2.63. The molecule has 1 unspecified atom stereocenters. The molecule has 4 rings (SSSR count). The molecule has 2 aromatic rings. The summed E-state index contributed by atoms with van der Waals surface area (Å²) < 4.78 is 1.77. The van der Waals surface area contributed by atoms with E-state index >= 15 is 0 Å². The summed E-state index contributed by atoms with van der Waals surface area (Å²) in [5.41, 5.74) is 2.35. The number of para-hydroxylation sites is 1. The number of nitrogens with one attached hydrogen (secondary N) is 1. The molecule has 1 saturated heterocycles. The summed E-state index contributed by atoms with van der Waals surface area (Å²) >= 11 is 0. The zero-order valence-corrected chi connectivity index (χ0v) is 19.4. The van der Waals surface area contributed by atoms with Crippen LogP contribution in [0.2, 0.25) is 0 Å². The van der Waals surface area contributed by atoms with Crippen LogP contribution in [0.1, 0.15) is 74.3 Å². The number of piperidine rings is 1. The molecular weight excluding hydrogens is 400 g/mol. The quantitative estimate of drug-likeness (QED) is 0.702. The number of aryl methyl sites for hydroxylation is 1. The van der Waals surface area contributed by atoms with Crippen LogP contribution < -0.4 is 5.32 Å². The van der Waals surface area contributed by atoms with Gasteiger partial charge in [-0.25, -0.2) is 4.68 Å². The summed E-state index contributed by atoms with van der Waals surface area (Å²) in [4.78, 5) is 27.9. The van der Waals surface area contributed by atoms with Crippen molar-refractivity contribution in [2.45, 2.75) is 71.3 Å². The van der Waals surface area contributed by atoms with Gasteiger partial charge >= 0.3 is 0 Å². The number of rotatable bonds is 5. The zero-order valence-electron chi connectivity index (χ0n) is 19.4. The Morgan fingerprint density at radius 1 is 1.00 bits per heavy atom. The maximum Gasteiger partial charge on any atom is 0.257 e. The van der Waals surface area contributed by atoms with Crippen molar-refractivity contribution in [2.24, 2.45) is 11.8 Å². The van der Waals surface area contributed by atoms with Gasteiger partial charge in [0.1, 0.15) is 0 Å². The summed E-state index contributed by atoms with van der Waals surface area (Å²) in [5.74, 6) is 0.566. The second kappa shape index (κ2) is 10.3. The van der Waals surface area contributed by atoms with E-state index in [9.17, 15) is 9.59 Å². The lowest BCUT2D eigenvalue weighted by Gasteiger charge is -2.34. The fourth-order valence-corrected chi connectivity index (χ4v) is 5.13. The second-order valence-corrected chi connectivity index (χ2v) is 9.52. The summed E-state index contributed by atoms with van der Waals surface area (Å²) in [6.45, 7) is 5.34. The monoisotopic (exact) mass is 436 g/mol. The van der Waals surface area contributed by atoms with Crippen LogP contribution in [0.5, 0.6) is 0 Å². The number of aromatic nitrogens is 2. The van der Waals surface area contributed by atoms with E-state index in [1.54, 1.807) is 4.68 Å². The Bertz CT molecular complexity index is 907. The fraction of sp³-hybridized carbons (Fsp3) is 0.577. The lowest BCUT2D eigenvalue weighted by atomic mass is 9.84. The Morgan fingerprint density at radius 3 is 2.31 bits per heavy atom. The summed E-state index contributed by atoms with van der Waals surface area (Å²) in [6, 6.07) is 10.2. The molecule has 32 heavy (non-hydrogen) atoms. The highest BCUT2D eigenvalue weighted by atomic mass is 16.2. The highest BCUT2D eigenvalue weighted by molar-refractivity contribution is 5.95. The molecule has 2 fully saturated rings. The third kappa shape index (κ3) is 5.22. The number of benzene rings is 1. The molecule has 172 valence electrons. The molecule has 0 spiro atoms. The smallest absolute Gasteiger partial charge is 0.257 e. The zero-order chi connectivity index (χ0) is 22.5. The molecule has 2 heterocycles. The molecule has 1 aromatic carbocycles. The number of nitrogens with zero attached hydrogens (tertiary/aromatic N) is 3. The Kier molecular flexibility index (Phi) is 7.28. The van der Waals surface area contributed by atoms with E-state index in [4.69, 9.17) is 0 Å². The predicted octanol–water partition coefficient (Wildman–Crippen LogP) is 4.51. The largest absolute Gasteiger partial charge is 0.353 e. The predicted molar refractivity (Wildman–Crippen MR) is 126 cm³/mol. The van der Waals surface area contributed by atoms with Crippen molar-refractivity contribution >= 4 is 11.8 Å². The number of carbonyl (C=O) groups is 2. The topological polar surface area (TPSA) is 67.2 Å². The molecule has 1 N–H and O–H groups in total. The van der Waals surface area contributed by atoms with Crippen LogP contribution in [0.25, 0.3) is 5.69 Å². The van der Waals surface area contributed by atoms with Gasteiger partial charge in [-0.1, -0.05) is 50.8 Å². The van der Waals surface area contributed by atoms with Gasteiger partial charge in [-0.15, -0.1) is 0 Å². The first-order valence-electron chi connectivity index (χ1n) is 12.2. The first kappa shape index (κ1) is 22.6. The van der Waals surface area contributed by atoms with Crippen molar-refractivity contribution < 1.29 is 9.59 Å². The van der Waals surface area contributed by atoms with E-state index < -0.39 is 0 Å². The molecule has 2 aliphatic rings. The van der Waals surface area contributed by atoms with Crippen molar-refractivity contribution in [3.05, 3.63) is 47.8 Å². The van der Waals surface area contributed by atoms with Crippen molar-refractivity contribution in [1.29, 1.82) is 0 Å². The van der Waals surface area contributed by atoms with Gasteiger partial charge in [0.15, 0.2) is 0 Å². The first-order chi connectivity index (χ1) is 15.5. The van der Waals surface area contributed by atoms with Crippen LogP contribution in [0, 0.1) is 18.8 Å². The number of hydrogen-bond acceptors (Lipinski definition) is 3. The van der Waals surface area contributed by atoms with E-state index in [1.165, 1.54) is 25.7 Å². The van der Waals surface area contributed by atoms with Crippen molar-refractivity contribution in [2.75, 3.05) is 13.1 Å². The van der Waals surface area contributed by atoms with E-state index in [0.717, 1.165) is 37.1 Å². The molecule has 0 bridgehead atoms. The summed E-state index contributed by atoms with van der Waals surface area (Å²) in [7, 11) is 0. The van der Waals surface area contributed by atoms with Crippen LogP contribution in [-0.4, -0.2) is 45.6 Å². The van der Waals surface area contributed by atoms with Gasteiger partial charge in [-0.3, -0.25) is 9.59 Å². The third-order valence-electron chi connectivity index (χ3n) is 7.30. The van der Waals surface area contributed by atoms with Gasteiger partial charge < -0.3 is 10.2 Å². The SMILES string of the molecule is Cc1nn(-c2ccccc2)cc1C(=O)N1CCC(C(C)C(=O)NC2CCCCCC2)CC1. The normalized spacial score (nSPS) is 19.4. The molecule has 1 aliphatic heterocycles. The van der Waals surface area contributed by atoms with Crippen LogP contribution >= 0.6 is 0 Å².